The lowest BCUT2D eigenvalue weighted by atomic mass is 10.1. The minimum Gasteiger partial charge on any atom is -0.481 e. The van der Waals surface area contributed by atoms with Gasteiger partial charge < -0.3 is 14.8 Å². The van der Waals surface area contributed by atoms with Crippen molar-refractivity contribution in [2.45, 2.75) is 19.8 Å². The van der Waals surface area contributed by atoms with Crippen LogP contribution in [-0.4, -0.2) is 23.5 Å². The van der Waals surface area contributed by atoms with Gasteiger partial charge in [0.1, 0.15) is 12.2 Å². The maximum atomic E-state index is 12.1. The van der Waals surface area contributed by atoms with Crippen LogP contribution in [0.25, 0.3) is 0 Å². The van der Waals surface area contributed by atoms with Crippen LogP contribution in [0.3, 0.4) is 0 Å². The molecule has 0 unspecified atom stereocenters. The summed E-state index contributed by atoms with van der Waals surface area (Å²) >= 11 is 7.31. The van der Waals surface area contributed by atoms with Gasteiger partial charge in [-0.15, -0.1) is 11.3 Å². The second-order valence-corrected chi connectivity index (χ2v) is 6.30. The summed E-state index contributed by atoms with van der Waals surface area (Å²) in [5.74, 6) is -1.18. The third-order valence-electron chi connectivity index (χ3n) is 2.88. The van der Waals surface area contributed by atoms with Gasteiger partial charge in [0.2, 0.25) is 0 Å². The van der Waals surface area contributed by atoms with Gasteiger partial charge in [0.15, 0.2) is 0 Å². The predicted octanol–water partition coefficient (Wildman–Crippen LogP) is 2.90. The van der Waals surface area contributed by atoms with Crippen molar-refractivity contribution in [2.24, 2.45) is 0 Å². The predicted molar refractivity (Wildman–Crippen MR) is 80.2 cm³/mol. The number of carbonyl (C=O) groups excluding carboxylic acids is 1. The van der Waals surface area contributed by atoms with Crippen LogP contribution in [0.1, 0.15) is 26.6 Å². The van der Waals surface area contributed by atoms with E-state index < -0.39 is 5.97 Å². The summed E-state index contributed by atoms with van der Waals surface area (Å²) in [6, 6.07) is 3.73. The largest absolute Gasteiger partial charge is 0.481 e. The summed E-state index contributed by atoms with van der Waals surface area (Å²) in [6.45, 7) is 2.16. The highest BCUT2D eigenvalue weighted by atomic mass is 35.5. The number of nitrogens with one attached hydrogen (secondary N) is 1. The summed E-state index contributed by atoms with van der Waals surface area (Å²) in [7, 11) is 0. The zero-order valence-electron chi connectivity index (χ0n) is 11.3. The van der Waals surface area contributed by atoms with E-state index in [-0.39, 0.29) is 18.1 Å². The Morgan fingerprint density at radius 1 is 1.43 bits per heavy atom. The Kier molecular flexibility index (Phi) is 5.03. The Labute approximate surface area is 130 Å². The third-order valence-corrected chi connectivity index (χ3v) is 4.17. The summed E-state index contributed by atoms with van der Waals surface area (Å²) in [4.78, 5) is 24.0. The first-order valence-electron chi connectivity index (χ1n) is 6.28. The number of aryl methyl sites for hydroxylation is 1. The molecule has 0 aliphatic heterocycles. The molecular weight excluding hydrogens is 314 g/mol. The Hall–Kier alpha value is -1.79. The van der Waals surface area contributed by atoms with Gasteiger partial charge in [-0.1, -0.05) is 11.6 Å². The molecule has 0 bridgehead atoms. The molecule has 2 aromatic rings. The van der Waals surface area contributed by atoms with Gasteiger partial charge in [-0.05, 0) is 25.5 Å². The van der Waals surface area contributed by atoms with E-state index in [0.29, 0.717) is 28.4 Å². The summed E-state index contributed by atoms with van der Waals surface area (Å²) in [5, 5.41) is 11.6. The molecule has 0 atom stereocenters. The molecule has 112 valence electrons. The number of furan rings is 1. The number of carboxylic acids is 1. The van der Waals surface area contributed by atoms with Crippen LogP contribution >= 0.6 is 22.9 Å². The van der Waals surface area contributed by atoms with E-state index in [1.165, 1.54) is 17.6 Å². The molecule has 21 heavy (non-hydrogen) atoms. The molecule has 2 rings (SSSR count). The molecule has 0 saturated heterocycles. The van der Waals surface area contributed by atoms with Crippen LogP contribution in [0, 0.1) is 6.92 Å². The molecule has 2 heterocycles. The van der Waals surface area contributed by atoms with E-state index >= 15 is 0 Å². The zero-order chi connectivity index (χ0) is 15.4. The Balaban J connectivity index is 1.96. The first-order chi connectivity index (χ1) is 9.97. The van der Waals surface area contributed by atoms with Crippen molar-refractivity contribution in [2.75, 3.05) is 6.54 Å². The van der Waals surface area contributed by atoms with Crippen molar-refractivity contribution >= 4 is 34.8 Å². The van der Waals surface area contributed by atoms with E-state index in [9.17, 15) is 9.59 Å². The van der Waals surface area contributed by atoms with Crippen LogP contribution in [-0.2, 0) is 17.6 Å². The maximum Gasteiger partial charge on any atom is 0.311 e. The number of thiophene rings is 1. The fraction of sp³-hybridized carbons (Fsp3) is 0.286. The van der Waals surface area contributed by atoms with Crippen molar-refractivity contribution in [1.82, 2.24) is 5.32 Å². The number of carboxylic acid groups (broad SMARTS) is 1. The highest BCUT2D eigenvalue weighted by Crippen LogP contribution is 2.21. The van der Waals surface area contributed by atoms with Crippen molar-refractivity contribution in [3.05, 3.63) is 44.5 Å². The molecule has 0 radical (unpaired) electrons. The molecular formula is C14H14ClNO4S. The van der Waals surface area contributed by atoms with E-state index in [1.807, 2.05) is 12.1 Å². The number of rotatable bonds is 6. The van der Waals surface area contributed by atoms with Crippen molar-refractivity contribution in [1.29, 1.82) is 0 Å². The molecule has 2 aromatic heterocycles. The van der Waals surface area contributed by atoms with Crippen LogP contribution in [0.2, 0.25) is 4.34 Å². The SMILES string of the molecule is Cc1coc(CC(=O)O)c1C(=O)NCCc1ccc(Cl)s1. The number of carbonyl (C=O) groups is 2. The fourth-order valence-electron chi connectivity index (χ4n) is 1.94. The molecule has 0 saturated carbocycles. The second kappa shape index (κ2) is 6.78. The second-order valence-electron chi connectivity index (χ2n) is 4.50. The Morgan fingerprint density at radius 3 is 2.81 bits per heavy atom. The quantitative estimate of drug-likeness (QED) is 0.855. The minimum atomic E-state index is -1.04. The minimum absolute atomic E-state index is 0.177. The molecule has 1 amide bonds. The molecule has 0 aliphatic rings. The topological polar surface area (TPSA) is 79.5 Å². The van der Waals surface area contributed by atoms with Crippen LogP contribution in [0.5, 0.6) is 0 Å². The normalized spacial score (nSPS) is 10.6. The van der Waals surface area contributed by atoms with Crippen LogP contribution in [0.15, 0.2) is 22.8 Å². The summed E-state index contributed by atoms with van der Waals surface area (Å²) in [5.41, 5.74) is 0.935. The third kappa shape index (κ3) is 4.09. The van der Waals surface area contributed by atoms with Crippen LogP contribution < -0.4 is 5.32 Å². The van der Waals surface area contributed by atoms with Gasteiger partial charge in [0.05, 0.1) is 16.2 Å². The number of aliphatic carboxylic acids is 1. The standard InChI is InChI=1S/C14H14ClNO4S/c1-8-7-20-10(6-12(17)18)13(8)14(19)16-5-4-9-2-3-11(15)21-9/h2-3,7H,4-6H2,1H3,(H,16,19)(H,17,18). The van der Waals surface area contributed by atoms with Crippen molar-refractivity contribution < 1.29 is 19.1 Å². The highest BCUT2D eigenvalue weighted by molar-refractivity contribution is 7.16. The number of amides is 1. The zero-order valence-corrected chi connectivity index (χ0v) is 12.9. The van der Waals surface area contributed by atoms with Gasteiger partial charge >= 0.3 is 5.97 Å². The van der Waals surface area contributed by atoms with E-state index in [4.69, 9.17) is 21.1 Å². The smallest absolute Gasteiger partial charge is 0.311 e. The van der Waals surface area contributed by atoms with Gasteiger partial charge in [-0.25, -0.2) is 0 Å². The van der Waals surface area contributed by atoms with E-state index in [2.05, 4.69) is 5.32 Å². The molecule has 2 N–H and O–H groups in total. The Morgan fingerprint density at radius 2 is 2.19 bits per heavy atom. The highest BCUT2D eigenvalue weighted by Gasteiger charge is 2.20. The van der Waals surface area contributed by atoms with Crippen molar-refractivity contribution in [3.63, 3.8) is 0 Å². The summed E-state index contributed by atoms with van der Waals surface area (Å²) < 4.78 is 5.85. The molecule has 7 heteroatoms. The molecule has 0 aliphatic carbocycles. The molecule has 0 aromatic carbocycles. The van der Waals surface area contributed by atoms with Gasteiger partial charge in [0, 0.05) is 17.0 Å². The monoisotopic (exact) mass is 327 g/mol. The summed E-state index contributed by atoms with van der Waals surface area (Å²) in [6.07, 6.45) is 1.76. The lowest BCUT2D eigenvalue weighted by molar-refractivity contribution is -0.136. The lowest BCUT2D eigenvalue weighted by Gasteiger charge is -2.05. The number of hydrogen-bond donors (Lipinski definition) is 2. The Bertz CT molecular complexity index is 662. The average molecular weight is 328 g/mol. The van der Waals surface area contributed by atoms with E-state index in [1.54, 1.807) is 6.92 Å². The molecule has 5 nitrogen and oxygen atoms in total. The lowest BCUT2D eigenvalue weighted by Crippen LogP contribution is -2.27. The number of hydrogen-bond acceptors (Lipinski definition) is 4. The van der Waals surface area contributed by atoms with Gasteiger partial charge in [-0.3, -0.25) is 9.59 Å². The van der Waals surface area contributed by atoms with Gasteiger partial charge in [-0.2, -0.15) is 0 Å². The maximum absolute atomic E-state index is 12.1. The fourth-order valence-corrected chi connectivity index (χ4v) is 3.03. The van der Waals surface area contributed by atoms with E-state index in [0.717, 1.165) is 4.88 Å². The number of halogens is 1. The van der Waals surface area contributed by atoms with Crippen molar-refractivity contribution in [3.8, 4) is 0 Å². The first kappa shape index (κ1) is 15.6. The van der Waals surface area contributed by atoms with Gasteiger partial charge in [0.25, 0.3) is 5.91 Å². The molecule has 0 spiro atoms. The first-order valence-corrected chi connectivity index (χ1v) is 7.48. The average Bonchev–Trinajstić information content (AvgIpc) is 2.95. The van der Waals surface area contributed by atoms with Crippen LogP contribution in [0.4, 0.5) is 0 Å². The molecule has 0 fully saturated rings.